The summed E-state index contributed by atoms with van der Waals surface area (Å²) in [6.07, 6.45) is -3.08. The van der Waals surface area contributed by atoms with Gasteiger partial charge in [-0.1, -0.05) is 23.7 Å². The molecule has 7 nitrogen and oxygen atoms in total. The predicted molar refractivity (Wildman–Crippen MR) is 111 cm³/mol. The van der Waals surface area contributed by atoms with Crippen LogP contribution in [0.5, 0.6) is 17.6 Å². The van der Waals surface area contributed by atoms with Crippen LogP contribution in [0.1, 0.15) is 5.56 Å². The minimum atomic E-state index is -4.63. The van der Waals surface area contributed by atoms with Crippen LogP contribution in [-0.2, 0) is 11.0 Å². The molecule has 1 heterocycles. The Labute approximate surface area is 186 Å². The van der Waals surface area contributed by atoms with Gasteiger partial charge in [-0.25, -0.2) is 4.98 Å². The maximum atomic E-state index is 12.9. The number of nitrogens with one attached hydrogen (secondary N) is 1. The Morgan fingerprint density at radius 3 is 2.44 bits per heavy atom. The molecule has 2 aromatic carbocycles. The molecule has 0 saturated carbocycles. The summed E-state index contributed by atoms with van der Waals surface area (Å²) in [5, 5.41) is 1.89. The highest BCUT2D eigenvalue weighted by Gasteiger charge is 2.33. The van der Waals surface area contributed by atoms with Crippen LogP contribution in [0.15, 0.2) is 48.7 Å². The molecule has 1 amide bonds. The van der Waals surface area contributed by atoms with E-state index in [0.717, 1.165) is 17.7 Å². The second kappa shape index (κ2) is 9.73. The van der Waals surface area contributed by atoms with Gasteiger partial charge in [-0.2, -0.15) is 18.2 Å². The first-order valence-electron chi connectivity index (χ1n) is 9.06. The number of rotatable bonds is 7. The smallest absolute Gasteiger partial charge is 0.417 e. The number of hydrogen-bond acceptors (Lipinski definition) is 6. The fourth-order valence-corrected chi connectivity index (χ4v) is 2.92. The number of benzene rings is 2. The van der Waals surface area contributed by atoms with Crippen LogP contribution in [0.3, 0.4) is 0 Å². The van der Waals surface area contributed by atoms with Gasteiger partial charge in [0.1, 0.15) is 5.75 Å². The Hall–Kier alpha value is -3.53. The Balaban J connectivity index is 1.63. The van der Waals surface area contributed by atoms with Gasteiger partial charge in [0.25, 0.3) is 5.91 Å². The SMILES string of the molecule is COc1ncc(-c2ccc(OCC(=O)Nc3ccc(Cl)c(C(F)(F)F)c3)cc2)c(OC)n1. The third-order valence-corrected chi connectivity index (χ3v) is 4.53. The molecule has 3 aromatic rings. The van der Waals surface area contributed by atoms with E-state index in [-0.39, 0.29) is 11.7 Å². The lowest BCUT2D eigenvalue weighted by atomic mass is 10.1. The molecule has 0 aliphatic heterocycles. The Morgan fingerprint density at radius 1 is 1.09 bits per heavy atom. The van der Waals surface area contributed by atoms with Crippen LogP contribution < -0.4 is 19.5 Å². The highest BCUT2D eigenvalue weighted by molar-refractivity contribution is 6.31. The monoisotopic (exact) mass is 467 g/mol. The molecule has 0 spiro atoms. The van der Waals surface area contributed by atoms with Crippen LogP contribution in [0, 0.1) is 0 Å². The van der Waals surface area contributed by atoms with E-state index in [9.17, 15) is 18.0 Å². The van der Waals surface area contributed by atoms with E-state index in [0.29, 0.717) is 17.2 Å². The van der Waals surface area contributed by atoms with Gasteiger partial charge in [0.05, 0.1) is 30.4 Å². The van der Waals surface area contributed by atoms with E-state index in [1.807, 2.05) is 0 Å². The second-order valence-electron chi connectivity index (χ2n) is 6.33. The lowest BCUT2D eigenvalue weighted by molar-refractivity contribution is -0.137. The average molecular weight is 468 g/mol. The van der Waals surface area contributed by atoms with Crippen molar-refractivity contribution in [1.29, 1.82) is 0 Å². The molecular weight excluding hydrogens is 451 g/mol. The van der Waals surface area contributed by atoms with E-state index < -0.39 is 29.3 Å². The van der Waals surface area contributed by atoms with Crippen molar-refractivity contribution in [3.8, 4) is 28.8 Å². The number of anilines is 1. The number of alkyl halides is 3. The van der Waals surface area contributed by atoms with Gasteiger partial charge in [-0.05, 0) is 35.9 Å². The minimum Gasteiger partial charge on any atom is -0.484 e. The molecule has 0 saturated heterocycles. The van der Waals surface area contributed by atoms with E-state index in [1.54, 1.807) is 30.5 Å². The number of hydrogen-bond donors (Lipinski definition) is 1. The fraction of sp³-hybridized carbons (Fsp3) is 0.190. The van der Waals surface area contributed by atoms with Crippen molar-refractivity contribution < 1.29 is 32.2 Å². The molecule has 1 aromatic heterocycles. The van der Waals surface area contributed by atoms with Crippen molar-refractivity contribution in [2.45, 2.75) is 6.18 Å². The van der Waals surface area contributed by atoms with Crippen LogP contribution >= 0.6 is 11.6 Å². The number of carbonyl (C=O) groups is 1. The molecule has 0 unspecified atom stereocenters. The van der Waals surface area contributed by atoms with Gasteiger partial charge in [0.2, 0.25) is 5.88 Å². The van der Waals surface area contributed by atoms with Crippen molar-refractivity contribution in [3.63, 3.8) is 0 Å². The molecule has 0 bridgehead atoms. The van der Waals surface area contributed by atoms with E-state index in [4.69, 9.17) is 25.8 Å². The Kier molecular flexibility index (Phi) is 7.04. The summed E-state index contributed by atoms with van der Waals surface area (Å²) in [4.78, 5) is 20.2. The van der Waals surface area contributed by atoms with Crippen molar-refractivity contribution >= 4 is 23.2 Å². The number of carbonyl (C=O) groups excluding carboxylic acids is 1. The fourth-order valence-electron chi connectivity index (χ4n) is 2.70. The predicted octanol–water partition coefficient (Wildman–Crippen LogP) is 4.85. The number of methoxy groups -OCH3 is 2. The Bertz CT molecular complexity index is 1110. The largest absolute Gasteiger partial charge is 0.484 e. The molecule has 11 heteroatoms. The first-order valence-corrected chi connectivity index (χ1v) is 9.44. The molecule has 0 atom stereocenters. The van der Waals surface area contributed by atoms with Crippen molar-refractivity contribution in [2.75, 3.05) is 26.1 Å². The maximum absolute atomic E-state index is 12.9. The molecule has 0 fully saturated rings. The molecule has 168 valence electrons. The lowest BCUT2D eigenvalue weighted by Gasteiger charge is -2.12. The van der Waals surface area contributed by atoms with Gasteiger partial charge in [0, 0.05) is 11.9 Å². The minimum absolute atomic E-state index is 0.0442. The second-order valence-corrected chi connectivity index (χ2v) is 6.74. The van der Waals surface area contributed by atoms with Crippen LogP contribution in [0.4, 0.5) is 18.9 Å². The van der Waals surface area contributed by atoms with E-state index in [1.165, 1.54) is 20.3 Å². The molecular formula is C21H17ClF3N3O4. The number of aromatic nitrogens is 2. The summed E-state index contributed by atoms with van der Waals surface area (Å²) in [5.74, 6) is 0.0743. The maximum Gasteiger partial charge on any atom is 0.417 e. The van der Waals surface area contributed by atoms with Crippen LogP contribution in [-0.4, -0.2) is 36.7 Å². The summed E-state index contributed by atoms with van der Waals surface area (Å²) in [7, 11) is 2.92. The first kappa shape index (κ1) is 23.1. The average Bonchev–Trinajstić information content (AvgIpc) is 2.78. The zero-order valence-corrected chi connectivity index (χ0v) is 17.6. The highest BCUT2D eigenvalue weighted by atomic mass is 35.5. The number of amides is 1. The third-order valence-electron chi connectivity index (χ3n) is 4.20. The molecule has 3 rings (SSSR count). The zero-order valence-electron chi connectivity index (χ0n) is 16.9. The summed E-state index contributed by atoms with van der Waals surface area (Å²) in [6.45, 7) is -0.404. The van der Waals surface area contributed by atoms with E-state index in [2.05, 4.69) is 15.3 Å². The molecule has 0 aliphatic carbocycles. The molecule has 0 aliphatic rings. The van der Waals surface area contributed by atoms with Gasteiger partial charge in [-0.15, -0.1) is 0 Å². The van der Waals surface area contributed by atoms with Gasteiger partial charge in [-0.3, -0.25) is 4.79 Å². The molecule has 32 heavy (non-hydrogen) atoms. The number of nitrogens with zero attached hydrogens (tertiary/aromatic N) is 2. The van der Waals surface area contributed by atoms with Crippen LogP contribution in [0.25, 0.3) is 11.1 Å². The summed E-state index contributed by atoms with van der Waals surface area (Å²) < 4.78 is 54.4. The highest BCUT2D eigenvalue weighted by Crippen LogP contribution is 2.36. The topological polar surface area (TPSA) is 82.6 Å². The Morgan fingerprint density at radius 2 is 1.81 bits per heavy atom. The van der Waals surface area contributed by atoms with Gasteiger partial charge >= 0.3 is 12.2 Å². The number of ether oxygens (including phenoxy) is 3. The normalized spacial score (nSPS) is 11.1. The summed E-state index contributed by atoms with van der Waals surface area (Å²) >= 11 is 5.57. The third kappa shape index (κ3) is 5.58. The standard InChI is InChI=1S/C21H17ClF3N3O4/c1-30-19-15(10-26-20(28-19)31-2)12-3-6-14(7-4-12)32-11-18(29)27-13-5-8-17(22)16(9-13)21(23,24)25/h3-10H,11H2,1-2H3,(H,27,29). The summed E-state index contributed by atoms with van der Waals surface area (Å²) in [5.41, 5.74) is 0.284. The molecule has 0 radical (unpaired) electrons. The van der Waals surface area contributed by atoms with Crippen molar-refractivity contribution in [2.24, 2.45) is 0 Å². The van der Waals surface area contributed by atoms with Gasteiger partial charge in [0.15, 0.2) is 6.61 Å². The quantitative estimate of drug-likeness (QED) is 0.535. The zero-order chi connectivity index (χ0) is 23.3. The number of halogens is 4. The first-order chi connectivity index (χ1) is 15.2. The van der Waals surface area contributed by atoms with Crippen molar-refractivity contribution in [1.82, 2.24) is 9.97 Å². The van der Waals surface area contributed by atoms with Crippen molar-refractivity contribution in [3.05, 3.63) is 59.2 Å². The van der Waals surface area contributed by atoms with Gasteiger partial charge < -0.3 is 19.5 Å². The lowest BCUT2D eigenvalue weighted by Crippen LogP contribution is -2.20. The van der Waals surface area contributed by atoms with E-state index >= 15 is 0 Å². The molecule has 1 N–H and O–H groups in total. The summed E-state index contributed by atoms with van der Waals surface area (Å²) in [6, 6.07) is 9.95. The van der Waals surface area contributed by atoms with Crippen LogP contribution in [0.2, 0.25) is 5.02 Å².